The summed E-state index contributed by atoms with van der Waals surface area (Å²) in [5.41, 5.74) is 1.54. The van der Waals surface area contributed by atoms with Gasteiger partial charge in [0, 0.05) is 4.47 Å². The number of hydrogen-bond acceptors (Lipinski definition) is 2. The zero-order chi connectivity index (χ0) is 15.6. The van der Waals surface area contributed by atoms with Crippen LogP contribution in [0.4, 0.5) is 4.39 Å². The molecule has 0 aromatic heterocycles. The van der Waals surface area contributed by atoms with E-state index >= 15 is 0 Å². The maximum absolute atomic E-state index is 13.2. The Morgan fingerprint density at radius 1 is 1.29 bits per heavy atom. The van der Waals surface area contributed by atoms with Crippen molar-refractivity contribution in [2.75, 3.05) is 0 Å². The van der Waals surface area contributed by atoms with E-state index < -0.39 is 5.97 Å². The predicted molar refractivity (Wildman–Crippen MR) is 84.3 cm³/mol. The van der Waals surface area contributed by atoms with Crippen LogP contribution in [0.2, 0.25) is 0 Å². The van der Waals surface area contributed by atoms with Gasteiger partial charge < -0.3 is 9.84 Å². The maximum atomic E-state index is 13.2. The summed E-state index contributed by atoms with van der Waals surface area (Å²) in [5.74, 6) is -1.11. The summed E-state index contributed by atoms with van der Waals surface area (Å²) in [6, 6.07) is 7.79. The molecular formula is C15H11Br2FO3. The van der Waals surface area contributed by atoms with Gasteiger partial charge in [0.15, 0.2) is 0 Å². The minimum Gasteiger partial charge on any atom is -0.488 e. The second-order valence-electron chi connectivity index (χ2n) is 4.44. The van der Waals surface area contributed by atoms with Crippen molar-refractivity contribution >= 4 is 37.8 Å². The van der Waals surface area contributed by atoms with E-state index in [1.54, 1.807) is 25.1 Å². The van der Waals surface area contributed by atoms with E-state index in [-0.39, 0.29) is 18.0 Å². The van der Waals surface area contributed by atoms with Gasteiger partial charge in [-0.15, -0.1) is 0 Å². The van der Waals surface area contributed by atoms with Crippen LogP contribution in [0.15, 0.2) is 39.3 Å². The molecule has 0 unspecified atom stereocenters. The number of halogens is 3. The van der Waals surface area contributed by atoms with Crippen LogP contribution in [0, 0.1) is 12.7 Å². The van der Waals surface area contributed by atoms with E-state index in [4.69, 9.17) is 4.74 Å². The smallest absolute Gasteiger partial charge is 0.339 e. The zero-order valence-electron chi connectivity index (χ0n) is 11.0. The van der Waals surface area contributed by atoms with Crippen LogP contribution >= 0.6 is 31.9 Å². The SMILES string of the molecule is Cc1cc(Br)cc(C(=O)O)c1OCc1ccc(F)c(Br)c1. The Labute approximate surface area is 138 Å². The van der Waals surface area contributed by atoms with Gasteiger partial charge in [0.1, 0.15) is 23.7 Å². The van der Waals surface area contributed by atoms with Crippen molar-refractivity contribution < 1.29 is 19.0 Å². The van der Waals surface area contributed by atoms with Gasteiger partial charge in [0.05, 0.1) is 4.47 Å². The van der Waals surface area contributed by atoms with E-state index in [2.05, 4.69) is 31.9 Å². The summed E-state index contributed by atoms with van der Waals surface area (Å²) < 4.78 is 19.8. The lowest BCUT2D eigenvalue weighted by Crippen LogP contribution is -2.05. The molecule has 2 aromatic carbocycles. The predicted octanol–water partition coefficient (Wildman–Crippen LogP) is 4.94. The van der Waals surface area contributed by atoms with Crippen molar-refractivity contribution in [2.24, 2.45) is 0 Å². The summed E-state index contributed by atoms with van der Waals surface area (Å²) in [6.45, 7) is 1.93. The number of carbonyl (C=O) groups is 1. The van der Waals surface area contributed by atoms with Crippen molar-refractivity contribution in [1.82, 2.24) is 0 Å². The largest absolute Gasteiger partial charge is 0.488 e. The van der Waals surface area contributed by atoms with Crippen molar-refractivity contribution in [2.45, 2.75) is 13.5 Å². The molecule has 0 spiro atoms. The lowest BCUT2D eigenvalue weighted by atomic mass is 10.1. The van der Waals surface area contributed by atoms with E-state index in [9.17, 15) is 14.3 Å². The van der Waals surface area contributed by atoms with E-state index in [0.717, 1.165) is 5.56 Å². The number of benzene rings is 2. The van der Waals surface area contributed by atoms with Crippen molar-refractivity contribution in [3.8, 4) is 5.75 Å². The summed E-state index contributed by atoms with van der Waals surface area (Å²) in [7, 11) is 0. The van der Waals surface area contributed by atoms with Crippen molar-refractivity contribution in [3.63, 3.8) is 0 Å². The standard InChI is InChI=1S/C15H11Br2FO3/c1-8-4-10(16)6-11(15(19)20)14(8)21-7-9-2-3-13(18)12(17)5-9/h2-6H,7H2,1H3,(H,19,20). The normalized spacial score (nSPS) is 10.5. The van der Waals surface area contributed by atoms with Crippen LogP contribution in [-0.2, 0) is 6.61 Å². The van der Waals surface area contributed by atoms with Gasteiger partial charge in [-0.05, 0) is 58.2 Å². The Bertz CT molecular complexity index is 702. The molecule has 0 heterocycles. The first-order valence-corrected chi connectivity index (χ1v) is 7.57. The fourth-order valence-electron chi connectivity index (χ4n) is 1.87. The molecule has 21 heavy (non-hydrogen) atoms. The third-order valence-electron chi connectivity index (χ3n) is 2.84. The third kappa shape index (κ3) is 3.83. The molecule has 0 bridgehead atoms. The first kappa shape index (κ1) is 16.0. The monoisotopic (exact) mass is 416 g/mol. The summed E-state index contributed by atoms with van der Waals surface area (Å²) >= 11 is 6.37. The number of carboxylic acids is 1. The second-order valence-corrected chi connectivity index (χ2v) is 6.21. The van der Waals surface area contributed by atoms with Crippen LogP contribution in [0.25, 0.3) is 0 Å². The number of hydrogen-bond donors (Lipinski definition) is 1. The van der Waals surface area contributed by atoms with Crippen molar-refractivity contribution in [1.29, 1.82) is 0 Å². The van der Waals surface area contributed by atoms with Crippen LogP contribution in [-0.4, -0.2) is 11.1 Å². The molecule has 3 nitrogen and oxygen atoms in total. The van der Waals surface area contributed by atoms with Gasteiger partial charge in [-0.25, -0.2) is 9.18 Å². The molecule has 6 heteroatoms. The van der Waals surface area contributed by atoms with Gasteiger partial charge in [0.2, 0.25) is 0 Å². The highest BCUT2D eigenvalue weighted by Gasteiger charge is 2.15. The topological polar surface area (TPSA) is 46.5 Å². The van der Waals surface area contributed by atoms with Crippen LogP contribution in [0.3, 0.4) is 0 Å². The molecule has 2 aromatic rings. The average molecular weight is 418 g/mol. The highest BCUT2D eigenvalue weighted by molar-refractivity contribution is 9.10. The van der Waals surface area contributed by atoms with Crippen LogP contribution < -0.4 is 4.74 Å². The van der Waals surface area contributed by atoms with E-state index in [0.29, 0.717) is 20.3 Å². The molecular weight excluding hydrogens is 407 g/mol. The molecule has 0 aliphatic carbocycles. The molecule has 0 radical (unpaired) electrons. The fraction of sp³-hybridized carbons (Fsp3) is 0.133. The Hall–Kier alpha value is -1.40. The van der Waals surface area contributed by atoms with E-state index in [1.807, 2.05) is 0 Å². The molecule has 0 atom stereocenters. The summed E-state index contributed by atoms with van der Waals surface area (Å²) in [6.07, 6.45) is 0. The third-order valence-corrected chi connectivity index (χ3v) is 3.90. The Balaban J connectivity index is 2.27. The summed E-state index contributed by atoms with van der Waals surface area (Å²) in [5, 5.41) is 9.23. The zero-order valence-corrected chi connectivity index (χ0v) is 14.2. The molecule has 0 saturated heterocycles. The molecule has 0 aliphatic heterocycles. The first-order chi connectivity index (χ1) is 9.88. The van der Waals surface area contributed by atoms with Gasteiger partial charge in [-0.1, -0.05) is 22.0 Å². The average Bonchev–Trinajstić information content (AvgIpc) is 2.40. The Morgan fingerprint density at radius 2 is 2.00 bits per heavy atom. The molecule has 1 N–H and O–H groups in total. The van der Waals surface area contributed by atoms with Gasteiger partial charge in [-0.2, -0.15) is 0 Å². The minimum atomic E-state index is -1.06. The molecule has 110 valence electrons. The lowest BCUT2D eigenvalue weighted by Gasteiger charge is -2.13. The van der Waals surface area contributed by atoms with Gasteiger partial charge >= 0.3 is 5.97 Å². The number of ether oxygens (including phenoxy) is 1. The van der Waals surface area contributed by atoms with Gasteiger partial charge in [0.25, 0.3) is 0 Å². The fourth-order valence-corrected chi connectivity index (χ4v) is 2.86. The Kier molecular flexibility index (Phi) is 5.00. The molecule has 2 rings (SSSR count). The summed E-state index contributed by atoms with van der Waals surface area (Å²) in [4.78, 5) is 11.3. The Morgan fingerprint density at radius 3 is 2.62 bits per heavy atom. The van der Waals surface area contributed by atoms with Gasteiger partial charge in [-0.3, -0.25) is 0 Å². The lowest BCUT2D eigenvalue weighted by molar-refractivity contribution is 0.0691. The van der Waals surface area contributed by atoms with Crippen LogP contribution in [0.1, 0.15) is 21.5 Å². The molecule has 0 fully saturated rings. The number of carboxylic acid groups (broad SMARTS) is 1. The molecule has 0 saturated carbocycles. The molecule has 0 aliphatic rings. The first-order valence-electron chi connectivity index (χ1n) is 5.98. The quantitative estimate of drug-likeness (QED) is 0.766. The highest BCUT2D eigenvalue weighted by atomic mass is 79.9. The number of aromatic carboxylic acids is 1. The number of aryl methyl sites for hydroxylation is 1. The van der Waals surface area contributed by atoms with Crippen molar-refractivity contribution in [3.05, 3.63) is 61.8 Å². The highest BCUT2D eigenvalue weighted by Crippen LogP contribution is 2.29. The number of rotatable bonds is 4. The second kappa shape index (κ2) is 6.58. The molecule has 0 amide bonds. The minimum absolute atomic E-state index is 0.0862. The van der Waals surface area contributed by atoms with Crippen LogP contribution in [0.5, 0.6) is 5.75 Å². The van der Waals surface area contributed by atoms with E-state index in [1.165, 1.54) is 12.1 Å². The maximum Gasteiger partial charge on any atom is 0.339 e.